The number of hydrogen-bond acceptors (Lipinski definition) is 0. The van der Waals surface area contributed by atoms with E-state index in [4.69, 9.17) is 0 Å². The van der Waals surface area contributed by atoms with E-state index in [9.17, 15) is 0 Å². The zero-order valence-corrected chi connectivity index (χ0v) is 16.7. The van der Waals surface area contributed by atoms with Crippen molar-refractivity contribution in [1.82, 2.24) is 0 Å². The molecule has 0 heterocycles. The average Bonchev–Trinajstić information content (AvgIpc) is 1.97. The zero-order chi connectivity index (χ0) is 14.1. The molecule has 100 valence electrons. The number of hydrogen-bond donors (Lipinski definition) is 0. The molecule has 0 aliphatic heterocycles. The van der Waals surface area contributed by atoms with Crippen LogP contribution in [0.2, 0.25) is 58.9 Å². The van der Waals surface area contributed by atoms with Crippen molar-refractivity contribution in [3.8, 4) is 0 Å². The largest absolute Gasteiger partial charge is 0.136 e. The lowest BCUT2D eigenvalue weighted by Crippen LogP contribution is -2.40. The summed E-state index contributed by atoms with van der Waals surface area (Å²) in [6, 6.07) is 0. The predicted octanol–water partition coefficient (Wildman–Crippen LogP) is 5.48. The monoisotopic (exact) mass is 284 g/mol. The topological polar surface area (TPSA) is 0 Å². The highest BCUT2D eigenvalue weighted by Gasteiger charge is 2.31. The maximum Gasteiger partial charge on any atom is 0.0822 e. The second kappa shape index (κ2) is 5.43. The standard InChI is InChI=1S/C14H32Si3/c1-11-13(15(2,3)4)12-14(16(5,6)7)17(8,9)10/h11H2,1-10H3. The highest BCUT2D eigenvalue weighted by Crippen LogP contribution is 2.27. The maximum absolute atomic E-state index is 3.94. The molecule has 17 heavy (non-hydrogen) atoms. The van der Waals surface area contributed by atoms with E-state index in [1.165, 1.54) is 6.42 Å². The van der Waals surface area contributed by atoms with Crippen LogP contribution < -0.4 is 0 Å². The van der Waals surface area contributed by atoms with Gasteiger partial charge in [0.1, 0.15) is 0 Å². The van der Waals surface area contributed by atoms with Gasteiger partial charge < -0.3 is 0 Å². The van der Waals surface area contributed by atoms with Crippen molar-refractivity contribution in [2.45, 2.75) is 72.3 Å². The molecule has 0 atom stereocenters. The van der Waals surface area contributed by atoms with Gasteiger partial charge in [-0.25, -0.2) is 0 Å². The van der Waals surface area contributed by atoms with E-state index in [0.29, 0.717) is 0 Å². The molecule has 0 nitrogen and oxygen atoms in total. The summed E-state index contributed by atoms with van der Waals surface area (Å²) in [4.78, 5) is 1.74. The van der Waals surface area contributed by atoms with Crippen molar-refractivity contribution < 1.29 is 0 Å². The van der Waals surface area contributed by atoms with Crippen molar-refractivity contribution in [2.24, 2.45) is 0 Å². The summed E-state index contributed by atoms with van der Waals surface area (Å²) in [7, 11) is -3.60. The van der Waals surface area contributed by atoms with E-state index in [1.807, 2.05) is 0 Å². The lowest BCUT2D eigenvalue weighted by molar-refractivity contribution is 1.17. The Labute approximate surface area is 112 Å². The molecule has 0 aromatic heterocycles. The Morgan fingerprint density at radius 3 is 1.24 bits per heavy atom. The third-order valence-corrected chi connectivity index (χ3v) is 13.1. The molecule has 0 rings (SSSR count). The quantitative estimate of drug-likeness (QED) is 0.473. The van der Waals surface area contributed by atoms with E-state index in [1.54, 1.807) is 10.0 Å². The molecule has 0 N–H and O–H groups in total. The highest BCUT2D eigenvalue weighted by atomic mass is 28.4. The van der Waals surface area contributed by atoms with Crippen LogP contribution in [0.3, 0.4) is 0 Å². The summed E-state index contributed by atoms with van der Waals surface area (Å²) in [5, 5.41) is 1.64. The van der Waals surface area contributed by atoms with Crippen LogP contribution in [0.25, 0.3) is 0 Å². The van der Waals surface area contributed by atoms with Crippen molar-refractivity contribution in [2.75, 3.05) is 0 Å². The summed E-state index contributed by atoms with van der Waals surface area (Å²) in [5.74, 6) is 0. The fraction of sp³-hybridized carbons (Fsp3) is 0.786. The van der Waals surface area contributed by atoms with Crippen LogP contribution in [0.5, 0.6) is 0 Å². The molecule has 3 heteroatoms. The molecule has 0 saturated carbocycles. The SMILES string of the molecule is CCC(=C=C([Si](C)(C)C)[Si](C)(C)C)[Si](C)(C)C. The Morgan fingerprint density at radius 1 is 0.706 bits per heavy atom. The molecule has 0 unspecified atom stereocenters. The van der Waals surface area contributed by atoms with Gasteiger partial charge in [-0.05, 0) is 11.6 Å². The van der Waals surface area contributed by atoms with Crippen molar-refractivity contribution in [1.29, 1.82) is 0 Å². The summed E-state index contributed by atoms with van der Waals surface area (Å²) in [6.07, 6.45) is 1.19. The van der Waals surface area contributed by atoms with Crippen molar-refractivity contribution in [3.05, 3.63) is 15.7 Å². The van der Waals surface area contributed by atoms with E-state index in [2.05, 4.69) is 71.6 Å². The highest BCUT2D eigenvalue weighted by molar-refractivity contribution is 7.04. The molecule has 0 saturated heterocycles. The maximum atomic E-state index is 3.94. The molecular formula is C14H32Si3. The third kappa shape index (κ3) is 5.56. The van der Waals surface area contributed by atoms with Gasteiger partial charge in [-0.1, -0.05) is 70.7 Å². The molecule has 0 aromatic rings. The molecule has 0 amide bonds. The Bertz CT molecular complexity index is 310. The summed E-state index contributed by atoms with van der Waals surface area (Å²) in [6.45, 7) is 24.5. The first-order valence-electron chi connectivity index (χ1n) is 6.81. The van der Waals surface area contributed by atoms with Crippen LogP contribution in [0.1, 0.15) is 13.3 Å². The van der Waals surface area contributed by atoms with Gasteiger partial charge in [0, 0.05) is 0 Å². The molecule has 0 aromatic carbocycles. The second-order valence-corrected chi connectivity index (χ2v) is 23.7. The fourth-order valence-corrected chi connectivity index (χ4v) is 14.3. The molecule has 0 aliphatic rings. The van der Waals surface area contributed by atoms with Crippen molar-refractivity contribution >= 4 is 24.2 Å². The third-order valence-electron chi connectivity index (χ3n) is 3.03. The van der Waals surface area contributed by atoms with Crippen LogP contribution >= 0.6 is 0 Å². The second-order valence-electron chi connectivity index (χ2n) is 8.08. The minimum absolute atomic E-state index is 1.18. The van der Waals surface area contributed by atoms with Crippen LogP contribution in [-0.4, -0.2) is 24.2 Å². The van der Waals surface area contributed by atoms with Crippen LogP contribution in [-0.2, 0) is 0 Å². The minimum atomic E-state index is -1.21. The molecule has 0 radical (unpaired) electrons. The summed E-state index contributed by atoms with van der Waals surface area (Å²) in [5.41, 5.74) is 3.94. The first-order chi connectivity index (χ1) is 7.30. The summed E-state index contributed by atoms with van der Waals surface area (Å²) < 4.78 is 0. The predicted molar refractivity (Wildman–Crippen MR) is 90.9 cm³/mol. The van der Waals surface area contributed by atoms with E-state index in [0.717, 1.165) is 0 Å². The number of rotatable bonds is 4. The first-order valence-corrected chi connectivity index (χ1v) is 17.3. The minimum Gasteiger partial charge on any atom is -0.136 e. The molecular weight excluding hydrogens is 252 g/mol. The Hall–Kier alpha value is 0.171. The first kappa shape index (κ1) is 17.2. The van der Waals surface area contributed by atoms with E-state index in [-0.39, 0.29) is 0 Å². The van der Waals surface area contributed by atoms with Gasteiger partial charge in [-0.3, -0.25) is 0 Å². The Balaban J connectivity index is 6.01. The van der Waals surface area contributed by atoms with Gasteiger partial charge in [0.2, 0.25) is 0 Å². The molecule has 0 fully saturated rings. The lowest BCUT2D eigenvalue weighted by atomic mass is 10.5. The zero-order valence-electron chi connectivity index (χ0n) is 13.7. The molecule has 0 bridgehead atoms. The van der Waals surface area contributed by atoms with Gasteiger partial charge >= 0.3 is 0 Å². The average molecular weight is 285 g/mol. The fourth-order valence-electron chi connectivity index (χ4n) is 2.46. The van der Waals surface area contributed by atoms with Crippen LogP contribution in [0, 0.1) is 0 Å². The van der Waals surface area contributed by atoms with Gasteiger partial charge in [0.25, 0.3) is 0 Å². The molecule has 0 aliphatic carbocycles. The Kier molecular flexibility index (Phi) is 5.49. The van der Waals surface area contributed by atoms with Crippen molar-refractivity contribution in [3.63, 3.8) is 0 Å². The number of allylic oxidation sites excluding steroid dienone is 1. The smallest absolute Gasteiger partial charge is 0.0822 e. The van der Waals surface area contributed by atoms with Gasteiger partial charge in [-0.15, -0.1) is 5.73 Å². The van der Waals surface area contributed by atoms with Gasteiger partial charge in [0.15, 0.2) is 0 Å². The van der Waals surface area contributed by atoms with E-state index >= 15 is 0 Å². The van der Waals surface area contributed by atoms with Gasteiger partial charge in [0.05, 0.1) is 24.2 Å². The Morgan fingerprint density at radius 2 is 1.06 bits per heavy atom. The molecule has 0 spiro atoms. The normalized spacial score (nSPS) is 13.3. The van der Waals surface area contributed by atoms with Crippen LogP contribution in [0.15, 0.2) is 15.7 Å². The lowest BCUT2D eigenvalue weighted by Gasteiger charge is -2.30. The van der Waals surface area contributed by atoms with Gasteiger partial charge in [-0.2, -0.15) is 0 Å². The van der Waals surface area contributed by atoms with E-state index < -0.39 is 24.2 Å². The van der Waals surface area contributed by atoms with Crippen LogP contribution in [0.4, 0.5) is 0 Å². The summed E-state index contributed by atoms with van der Waals surface area (Å²) >= 11 is 0.